The van der Waals surface area contributed by atoms with Gasteiger partial charge in [0.1, 0.15) is 0 Å². The van der Waals surface area contributed by atoms with E-state index < -0.39 is 0 Å². The van der Waals surface area contributed by atoms with Crippen molar-refractivity contribution in [3.63, 3.8) is 0 Å². The predicted molar refractivity (Wildman–Crippen MR) is 64.5 cm³/mol. The largest absolute Gasteiger partial charge is 0.326 e. The first-order valence-electron chi connectivity index (χ1n) is 5.34. The molecule has 2 amide bonds. The van der Waals surface area contributed by atoms with Crippen molar-refractivity contribution in [3.05, 3.63) is 34.9 Å². The zero-order valence-electron chi connectivity index (χ0n) is 9.48. The van der Waals surface area contributed by atoms with Gasteiger partial charge in [0.15, 0.2) is 0 Å². The summed E-state index contributed by atoms with van der Waals surface area (Å²) < 4.78 is 0. The predicted octanol–water partition coefficient (Wildman–Crippen LogP) is 2.60. The lowest BCUT2D eigenvalue weighted by Gasteiger charge is -2.20. The van der Waals surface area contributed by atoms with Gasteiger partial charge in [-0.3, -0.25) is 0 Å². The van der Waals surface area contributed by atoms with Crippen molar-refractivity contribution < 1.29 is 4.79 Å². The number of amides is 2. The number of hydrogen-bond donors (Lipinski definition) is 0. The van der Waals surface area contributed by atoms with Crippen molar-refractivity contribution in [1.82, 2.24) is 9.80 Å². The maximum atomic E-state index is 11.8. The molecule has 1 fully saturated rings. The molecule has 86 valence electrons. The zero-order chi connectivity index (χ0) is 11.7. The standard InChI is InChI=1S/C12H15ClN2O/c1-9-7-14(2)12(16)15(9)8-10-3-5-11(13)6-4-10/h3-6,9H,7-8H2,1-2H3. The van der Waals surface area contributed by atoms with Gasteiger partial charge in [-0.15, -0.1) is 0 Å². The van der Waals surface area contributed by atoms with E-state index >= 15 is 0 Å². The van der Waals surface area contributed by atoms with Gasteiger partial charge < -0.3 is 9.80 Å². The van der Waals surface area contributed by atoms with Crippen LogP contribution in [0, 0.1) is 0 Å². The first kappa shape index (κ1) is 11.3. The number of carbonyl (C=O) groups is 1. The summed E-state index contributed by atoms with van der Waals surface area (Å²) in [6.07, 6.45) is 0. The van der Waals surface area contributed by atoms with Gasteiger partial charge in [0.05, 0.1) is 0 Å². The van der Waals surface area contributed by atoms with Crippen LogP contribution in [0.2, 0.25) is 5.02 Å². The molecule has 0 spiro atoms. The second-order valence-electron chi connectivity index (χ2n) is 4.27. The Kier molecular flexibility index (Phi) is 3.06. The molecule has 0 bridgehead atoms. The molecule has 0 N–H and O–H groups in total. The van der Waals surface area contributed by atoms with Gasteiger partial charge in [-0.25, -0.2) is 4.79 Å². The van der Waals surface area contributed by atoms with Crippen molar-refractivity contribution in [1.29, 1.82) is 0 Å². The minimum absolute atomic E-state index is 0.0995. The average Bonchev–Trinajstić information content (AvgIpc) is 2.48. The van der Waals surface area contributed by atoms with Crippen LogP contribution in [0.3, 0.4) is 0 Å². The minimum atomic E-state index is 0.0995. The Morgan fingerprint density at radius 1 is 1.38 bits per heavy atom. The van der Waals surface area contributed by atoms with E-state index in [-0.39, 0.29) is 12.1 Å². The number of likely N-dealkylation sites (N-methyl/N-ethyl adjacent to an activating group) is 1. The van der Waals surface area contributed by atoms with Gasteiger partial charge in [-0.2, -0.15) is 0 Å². The summed E-state index contributed by atoms with van der Waals surface area (Å²) in [5.74, 6) is 0. The molecular weight excluding hydrogens is 224 g/mol. The number of halogens is 1. The first-order valence-corrected chi connectivity index (χ1v) is 5.72. The Balaban J connectivity index is 2.10. The third-order valence-corrected chi connectivity index (χ3v) is 3.16. The summed E-state index contributed by atoms with van der Waals surface area (Å²) in [5, 5.41) is 0.724. The highest BCUT2D eigenvalue weighted by Crippen LogP contribution is 2.18. The van der Waals surface area contributed by atoms with Crippen LogP contribution in [0.15, 0.2) is 24.3 Å². The monoisotopic (exact) mass is 238 g/mol. The van der Waals surface area contributed by atoms with Crippen LogP contribution in [-0.4, -0.2) is 35.5 Å². The highest BCUT2D eigenvalue weighted by molar-refractivity contribution is 6.30. The van der Waals surface area contributed by atoms with E-state index in [1.165, 1.54) is 0 Å². The number of hydrogen-bond acceptors (Lipinski definition) is 1. The molecular formula is C12H15ClN2O. The quantitative estimate of drug-likeness (QED) is 0.777. The molecule has 0 aromatic heterocycles. The third kappa shape index (κ3) is 2.14. The maximum Gasteiger partial charge on any atom is 0.320 e. The van der Waals surface area contributed by atoms with E-state index in [1.54, 1.807) is 4.90 Å². The van der Waals surface area contributed by atoms with Crippen molar-refractivity contribution >= 4 is 17.6 Å². The fraction of sp³-hybridized carbons (Fsp3) is 0.417. The fourth-order valence-electron chi connectivity index (χ4n) is 1.99. The van der Waals surface area contributed by atoms with E-state index in [1.807, 2.05) is 36.2 Å². The summed E-state index contributed by atoms with van der Waals surface area (Å²) in [7, 11) is 1.83. The van der Waals surface area contributed by atoms with Crippen LogP contribution in [0.25, 0.3) is 0 Å². The molecule has 1 atom stereocenters. The summed E-state index contributed by atoms with van der Waals surface area (Å²) in [4.78, 5) is 15.4. The van der Waals surface area contributed by atoms with Crippen LogP contribution in [-0.2, 0) is 6.54 Å². The lowest BCUT2D eigenvalue weighted by Crippen LogP contribution is -2.32. The second-order valence-corrected chi connectivity index (χ2v) is 4.70. The highest BCUT2D eigenvalue weighted by Gasteiger charge is 2.31. The van der Waals surface area contributed by atoms with E-state index in [9.17, 15) is 4.79 Å². The molecule has 16 heavy (non-hydrogen) atoms. The average molecular weight is 239 g/mol. The van der Waals surface area contributed by atoms with Gasteiger partial charge in [-0.1, -0.05) is 23.7 Å². The third-order valence-electron chi connectivity index (χ3n) is 2.91. The zero-order valence-corrected chi connectivity index (χ0v) is 10.2. The number of rotatable bonds is 2. The number of carbonyl (C=O) groups excluding carboxylic acids is 1. The molecule has 4 heteroatoms. The normalized spacial score (nSPS) is 20.7. The van der Waals surface area contributed by atoms with Crippen LogP contribution in [0.1, 0.15) is 12.5 Å². The fourth-order valence-corrected chi connectivity index (χ4v) is 2.12. The van der Waals surface area contributed by atoms with Crippen LogP contribution in [0.5, 0.6) is 0 Å². The number of urea groups is 1. The van der Waals surface area contributed by atoms with Crippen molar-refractivity contribution in [3.8, 4) is 0 Å². The maximum absolute atomic E-state index is 11.8. The molecule has 1 unspecified atom stereocenters. The minimum Gasteiger partial charge on any atom is -0.326 e. The second kappa shape index (κ2) is 4.34. The molecule has 0 radical (unpaired) electrons. The van der Waals surface area contributed by atoms with Gasteiger partial charge in [-0.05, 0) is 24.6 Å². The van der Waals surface area contributed by atoms with Gasteiger partial charge in [0.25, 0.3) is 0 Å². The van der Waals surface area contributed by atoms with Crippen molar-refractivity contribution in [2.75, 3.05) is 13.6 Å². The summed E-state index contributed by atoms with van der Waals surface area (Å²) in [6.45, 7) is 3.52. The Labute approximate surface area is 101 Å². The number of nitrogens with zero attached hydrogens (tertiary/aromatic N) is 2. The van der Waals surface area contributed by atoms with E-state index in [0.29, 0.717) is 6.54 Å². The Hall–Kier alpha value is -1.22. The summed E-state index contributed by atoms with van der Waals surface area (Å²) >= 11 is 5.82. The molecule has 0 aliphatic carbocycles. The van der Waals surface area contributed by atoms with Crippen molar-refractivity contribution in [2.45, 2.75) is 19.5 Å². The Bertz CT molecular complexity index is 391. The smallest absolute Gasteiger partial charge is 0.320 e. The summed E-state index contributed by atoms with van der Waals surface area (Å²) in [6, 6.07) is 7.99. The lowest BCUT2D eigenvalue weighted by molar-refractivity contribution is 0.190. The molecule has 1 aliphatic heterocycles. The van der Waals surface area contributed by atoms with E-state index in [4.69, 9.17) is 11.6 Å². The van der Waals surface area contributed by atoms with E-state index in [2.05, 4.69) is 6.92 Å². The topological polar surface area (TPSA) is 23.6 Å². The van der Waals surface area contributed by atoms with Crippen LogP contribution < -0.4 is 0 Å². The molecule has 1 aromatic carbocycles. The molecule has 0 saturated carbocycles. The van der Waals surface area contributed by atoms with Crippen LogP contribution in [0.4, 0.5) is 4.79 Å². The molecule has 1 aliphatic rings. The molecule has 1 aromatic rings. The van der Waals surface area contributed by atoms with Gasteiger partial charge >= 0.3 is 6.03 Å². The van der Waals surface area contributed by atoms with Crippen LogP contribution >= 0.6 is 11.6 Å². The Morgan fingerprint density at radius 2 is 2.00 bits per heavy atom. The van der Waals surface area contributed by atoms with E-state index in [0.717, 1.165) is 17.1 Å². The SMILES string of the molecule is CC1CN(C)C(=O)N1Cc1ccc(Cl)cc1. The first-order chi connectivity index (χ1) is 7.58. The number of benzene rings is 1. The Morgan fingerprint density at radius 3 is 2.50 bits per heavy atom. The lowest BCUT2D eigenvalue weighted by atomic mass is 10.2. The van der Waals surface area contributed by atoms with Gasteiger partial charge in [0, 0.05) is 31.2 Å². The molecule has 1 heterocycles. The molecule has 2 rings (SSSR count). The van der Waals surface area contributed by atoms with Gasteiger partial charge in [0.2, 0.25) is 0 Å². The molecule has 1 saturated heterocycles. The van der Waals surface area contributed by atoms with Crippen molar-refractivity contribution in [2.24, 2.45) is 0 Å². The summed E-state index contributed by atoms with van der Waals surface area (Å²) in [5.41, 5.74) is 1.11. The molecule has 3 nitrogen and oxygen atoms in total. The highest BCUT2D eigenvalue weighted by atomic mass is 35.5.